The molecule has 2 nitrogen and oxygen atoms in total. The number of methoxy groups -OCH3 is 1. The Morgan fingerprint density at radius 1 is 1.33 bits per heavy atom. The van der Waals surface area contributed by atoms with Crippen LogP contribution in [0.3, 0.4) is 0 Å². The summed E-state index contributed by atoms with van der Waals surface area (Å²) < 4.78 is 19.1. The first-order chi connectivity index (χ1) is 8.37. The van der Waals surface area contributed by atoms with E-state index in [4.69, 9.17) is 4.74 Å². The molecule has 0 saturated carbocycles. The Morgan fingerprint density at radius 2 is 2.00 bits per heavy atom. The first-order valence-corrected chi connectivity index (χ1v) is 6.44. The number of hydrogen-bond donors (Lipinski definition) is 1. The van der Waals surface area contributed by atoms with E-state index in [0.717, 1.165) is 13.0 Å². The molecule has 18 heavy (non-hydrogen) atoms. The first-order valence-electron chi connectivity index (χ1n) is 6.44. The number of halogens is 1. The zero-order valence-corrected chi connectivity index (χ0v) is 12.0. The van der Waals surface area contributed by atoms with Crippen LogP contribution in [0.15, 0.2) is 18.2 Å². The lowest BCUT2D eigenvalue weighted by Gasteiger charge is -2.27. The largest absolute Gasteiger partial charge is 0.497 e. The van der Waals surface area contributed by atoms with Crippen molar-refractivity contribution in [2.75, 3.05) is 13.7 Å². The molecule has 0 heterocycles. The summed E-state index contributed by atoms with van der Waals surface area (Å²) in [4.78, 5) is 0. The van der Waals surface area contributed by atoms with Gasteiger partial charge >= 0.3 is 0 Å². The molecule has 0 radical (unpaired) electrons. The monoisotopic (exact) mass is 253 g/mol. The molecule has 0 spiro atoms. The van der Waals surface area contributed by atoms with Crippen molar-refractivity contribution in [3.8, 4) is 5.75 Å². The van der Waals surface area contributed by atoms with Gasteiger partial charge in [-0.3, -0.25) is 0 Å². The van der Waals surface area contributed by atoms with Crippen molar-refractivity contribution in [3.63, 3.8) is 0 Å². The molecule has 0 amide bonds. The van der Waals surface area contributed by atoms with Gasteiger partial charge in [0.25, 0.3) is 0 Å². The van der Waals surface area contributed by atoms with E-state index in [2.05, 4.69) is 26.1 Å². The third kappa shape index (κ3) is 4.30. The second-order valence-corrected chi connectivity index (χ2v) is 5.76. The topological polar surface area (TPSA) is 21.3 Å². The van der Waals surface area contributed by atoms with E-state index in [1.165, 1.54) is 6.07 Å². The van der Waals surface area contributed by atoms with Gasteiger partial charge in [-0.25, -0.2) is 4.39 Å². The molecule has 0 aromatic heterocycles. The zero-order chi connectivity index (χ0) is 13.8. The van der Waals surface area contributed by atoms with E-state index >= 15 is 0 Å². The van der Waals surface area contributed by atoms with E-state index in [0.29, 0.717) is 11.3 Å². The minimum Gasteiger partial charge on any atom is -0.497 e. The molecule has 1 aromatic carbocycles. The van der Waals surface area contributed by atoms with Gasteiger partial charge in [0.1, 0.15) is 11.6 Å². The van der Waals surface area contributed by atoms with Gasteiger partial charge in [-0.05, 0) is 24.4 Å². The molecule has 0 aliphatic heterocycles. The van der Waals surface area contributed by atoms with Crippen LogP contribution in [-0.4, -0.2) is 13.7 Å². The highest BCUT2D eigenvalue weighted by atomic mass is 19.1. The van der Waals surface area contributed by atoms with Gasteiger partial charge in [0.15, 0.2) is 0 Å². The van der Waals surface area contributed by atoms with Gasteiger partial charge in [-0.15, -0.1) is 0 Å². The average Bonchev–Trinajstić information content (AvgIpc) is 2.26. The van der Waals surface area contributed by atoms with Crippen molar-refractivity contribution < 1.29 is 9.13 Å². The third-order valence-corrected chi connectivity index (χ3v) is 2.85. The Balaban J connectivity index is 2.98. The molecular weight excluding hydrogens is 229 g/mol. The molecule has 1 rings (SSSR count). The second kappa shape index (κ2) is 6.19. The highest BCUT2D eigenvalue weighted by Crippen LogP contribution is 2.31. The van der Waals surface area contributed by atoms with E-state index in [1.54, 1.807) is 7.11 Å². The van der Waals surface area contributed by atoms with Crippen LogP contribution in [0.4, 0.5) is 4.39 Å². The molecule has 1 N–H and O–H groups in total. The van der Waals surface area contributed by atoms with Crippen LogP contribution < -0.4 is 10.1 Å². The molecular formula is C15H24FNO. The third-order valence-electron chi connectivity index (χ3n) is 2.85. The standard InChI is InChI=1S/C15H24FNO/c1-6-17-14(10-15(2,3)4)12-8-7-11(18-5)9-13(12)16/h7-9,14,17H,6,10H2,1-5H3. The summed E-state index contributed by atoms with van der Waals surface area (Å²) in [6.07, 6.45) is 0.893. The maximum atomic E-state index is 14.1. The highest BCUT2D eigenvalue weighted by molar-refractivity contribution is 5.31. The predicted molar refractivity (Wildman–Crippen MR) is 73.4 cm³/mol. The molecule has 1 unspecified atom stereocenters. The fourth-order valence-electron chi connectivity index (χ4n) is 2.07. The molecule has 1 aromatic rings. The summed E-state index contributed by atoms with van der Waals surface area (Å²) in [5.41, 5.74) is 0.867. The lowest BCUT2D eigenvalue weighted by atomic mass is 9.85. The number of rotatable bonds is 5. The van der Waals surface area contributed by atoms with Crippen molar-refractivity contribution in [2.24, 2.45) is 5.41 Å². The smallest absolute Gasteiger partial charge is 0.131 e. The lowest BCUT2D eigenvalue weighted by molar-refractivity contribution is 0.309. The maximum Gasteiger partial charge on any atom is 0.131 e. The van der Waals surface area contributed by atoms with Crippen LogP contribution in [0.25, 0.3) is 0 Å². The molecule has 0 aliphatic rings. The van der Waals surface area contributed by atoms with E-state index in [1.807, 2.05) is 19.1 Å². The molecule has 102 valence electrons. The number of benzene rings is 1. The zero-order valence-electron chi connectivity index (χ0n) is 12.0. The fraction of sp³-hybridized carbons (Fsp3) is 0.600. The van der Waals surface area contributed by atoms with Gasteiger partial charge in [0.2, 0.25) is 0 Å². The maximum absolute atomic E-state index is 14.1. The van der Waals surface area contributed by atoms with Crippen LogP contribution in [0.5, 0.6) is 5.75 Å². The van der Waals surface area contributed by atoms with Gasteiger partial charge in [-0.1, -0.05) is 33.8 Å². The van der Waals surface area contributed by atoms with E-state index in [-0.39, 0.29) is 17.3 Å². The minimum atomic E-state index is -0.204. The van der Waals surface area contributed by atoms with Crippen LogP contribution >= 0.6 is 0 Å². The number of hydrogen-bond acceptors (Lipinski definition) is 2. The minimum absolute atomic E-state index is 0.0425. The van der Waals surface area contributed by atoms with Crippen LogP contribution in [0.2, 0.25) is 0 Å². The molecule has 0 bridgehead atoms. The lowest BCUT2D eigenvalue weighted by Crippen LogP contribution is -2.26. The Morgan fingerprint density at radius 3 is 2.44 bits per heavy atom. The molecule has 1 atom stereocenters. The highest BCUT2D eigenvalue weighted by Gasteiger charge is 2.22. The SMILES string of the molecule is CCNC(CC(C)(C)C)c1ccc(OC)cc1F. The van der Waals surface area contributed by atoms with Crippen molar-refractivity contribution in [1.29, 1.82) is 0 Å². The predicted octanol–water partition coefficient (Wildman–Crippen LogP) is 3.92. The Bertz CT molecular complexity index is 385. The van der Waals surface area contributed by atoms with E-state index < -0.39 is 0 Å². The molecule has 0 saturated heterocycles. The average molecular weight is 253 g/mol. The van der Waals surface area contributed by atoms with Crippen molar-refractivity contribution >= 4 is 0 Å². The summed E-state index contributed by atoms with van der Waals surface area (Å²) in [5, 5.41) is 3.35. The summed E-state index contributed by atoms with van der Waals surface area (Å²) in [6, 6.07) is 5.11. The summed E-state index contributed by atoms with van der Waals surface area (Å²) in [6.45, 7) is 9.36. The van der Waals surface area contributed by atoms with Gasteiger partial charge < -0.3 is 10.1 Å². The molecule has 3 heteroatoms. The first kappa shape index (κ1) is 15.0. The normalized spacial score (nSPS) is 13.4. The Labute approximate surface area is 110 Å². The van der Waals surface area contributed by atoms with Crippen molar-refractivity contribution in [3.05, 3.63) is 29.6 Å². The molecule has 0 aliphatic carbocycles. The van der Waals surface area contributed by atoms with Gasteiger partial charge in [0, 0.05) is 17.7 Å². The van der Waals surface area contributed by atoms with E-state index in [9.17, 15) is 4.39 Å². The van der Waals surface area contributed by atoms with Crippen molar-refractivity contribution in [1.82, 2.24) is 5.32 Å². The summed E-state index contributed by atoms with van der Waals surface area (Å²) in [7, 11) is 1.55. The molecule has 0 fully saturated rings. The van der Waals surface area contributed by atoms with Crippen LogP contribution in [0.1, 0.15) is 45.7 Å². The quantitative estimate of drug-likeness (QED) is 0.858. The second-order valence-electron chi connectivity index (χ2n) is 5.76. The van der Waals surface area contributed by atoms with Gasteiger partial charge in [-0.2, -0.15) is 0 Å². The fourth-order valence-corrected chi connectivity index (χ4v) is 2.07. The van der Waals surface area contributed by atoms with Crippen molar-refractivity contribution in [2.45, 2.75) is 40.2 Å². The number of nitrogens with one attached hydrogen (secondary N) is 1. The van der Waals surface area contributed by atoms with Crippen LogP contribution in [0, 0.1) is 11.2 Å². The Hall–Kier alpha value is -1.09. The summed E-state index contributed by atoms with van der Waals surface area (Å²) >= 11 is 0. The number of ether oxygens (including phenoxy) is 1. The van der Waals surface area contributed by atoms with Crippen LogP contribution in [-0.2, 0) is 0 Å². The summed E-state index contributed by atoms with van der Waals surface area (Å²) in [5.74, 6) is 0.354. The van der Waals surface area contributed by atoms with Gasteiger partial charge in [0.05, 0.1) is 7.11 Å². The Kier molecular flexibility index (Phi) is 5.15.